The van der Waals surface area contributed by atoms with Gasteiger partial charge in [0.25, 0.3) is 0 Å². The van der Waals surface area contributed by atoms with E-state index in [1.807, 2.05) is 0 Å². The van der Waals surface area contributed by atoms with Gasteiger partial charge in [0.2, 0.25) is 0 Å². The molecule has 55 heavy (non-hydrogen) atoms. The molecule has 0 unspecified atom stereocenters. The number of rotatable bonds is 21. The average Bonchev–Trinajstić information content (AvgIpc) is 3.07. The molecule has 0 bridgehead atoms. The van der Waals surface area contributed by atoms with Crippen LogP contribution in [-0.4, -0.2) is 23.3 Å². The van der Waals surface area contributed by atoms with Crippen molar-refractivity contribution in [2.75, 3.05) is 0 Å². The van der Waals surface area contributed by atoms with E-state index in [4.69, 9.17) is 4.74 Å². The van der Waals surface area contributed by atoms with Crippen LogP contribution in [-0.2, 0) is 9.53 Å². The Hall–Kier alpha value is -3.43. The second-order valence-corrected chi connectivity index (χ2v) is 17.7. The van der Waals surface area contributed by atoms with E-state index in [0.29, 0.717) is 6.42 Å². The van der Waals surface area contributed by atoms with Crippen molar-refractivity contribution < 1.29 is 14.6 Å². The zero-order valence-electron chi connectivity index (χ0n) is 36.9. The summed E-state index contributed by atoms with van der Waals surface area (Å²) in [5, 5.41) is 10.2. The number of ether oxygens (including phenoxy) is 1. The van der Waals surface area contributed by atoms with Gasteiger partial charge in [-0.25, -0.2) is 0 Å². The van der Waals surface area contributed by atoms with E-state index in [0.717, 1.165) is 38.5 Å². The molecule has 0 aromatic rings. The summed E-state index contributed by atoms with van der Waals surface area (Å²) in [7, 11) is 0. The average molecular weight is 751 g/mol. The maximum atomic E-state index is 12.6. The molecule has 0 spiro atoms. The number of aliphatic hydroxyl groups is 1. The Morgan fingerprint density at radius 2 is 1.04 bits per heavy atom. The van der Waals surface area contributed by atoms with Crippen LogP contribution in [0.25, 0.3) is 0 Å². The lowest BCUT2D eigenvalue weighted by Crippen LogP contribution is -2.31. The van der Waals surface area contributed by atoms with E-state index < -0.39 is 0 Å². The maximum Gasteiger partial charge on any atom is 0.306 e. The fourth-order valence-electron chi connectivity index (χ4n) is 8.01. The molecule has 0 aromatic carbocycles. The molecule has 1 N–H and O–H groups in total. The molecule has 2 aliphatic carbocycles. The summed E-state index contributed by atoms with van der Waals surface area (Å²) in [6.07, 6.45) is 44.9. The summed E-state index contributed by atoms with van der Waals surface area (Å²) in [6.45, 7) is 24.1. The number of allylic oxidation sites excluding steroid dienone is 20. The van der Waals surface area contributed by atoms with Gasteiger partial charge >= 0.3 is 5.97 Å². The highest BCUT2D eigenvalue weighted by Gasteiger charge is 2.34. The maximum absolute atomic E-state index is 12.6. The Balaban J connectivity index is 1.82. The number of carbonyl (C=O) groups excluding carboxylic acids is 1. The molecular weight excluding hydrogens is 673 g/mol. The van der Waals surface area contributed by atoms with Crippen LogP contribution in [0.4, 0.5) is 0 Å². The zero-order valence-corrected chi connectivity index (χ0v) is 36.9. The molecule has 304 valence electrons. The Labute approximate surface area is 338 Å². The molecule has 2 aliphatic rings. The molecule has 3 heteroatoms. The van der Waals surface area contributed by atoms with Gasteiger partial charge in [0.1, 0.15) is 6.10 Å². The molecule has 2 atom stereocenters. The third-order valence-corrected chi connectivity index (χ3v) is 11.0. The van der Waals surface area contributed by atoms with Crippen LogP contribution >= 0.6 is 0 Å². The van der Waals surface area contributed by atoms with Gasteiger partial charge in [-0.1, -0.05) is 204 Å². The number of hydrogen-bond acceptors (Lipinski definition) is 3. The largest absolute Gasteiger partial charge is 0.462 e. The number of esters is 1. The van der Waals surface area contributed by atoms with Crippen molar-refractivity contribution in [3.05, 3.63) is 130 Å². The number of hydrogen-bond donors (Lipinski definition) is 1. The lowest BCUT2D eigenvalue weighted by Gasteiger charge is -2.37. The van der Waals surface area contributed by atoms with Crippen molar-refractivity contribution in [2.24, 2.45) is 10.8 Å². The first-order chi connectivity index (χ1) is 26.0. The molecule has 0 radical (unpaired) electrons. The molecule has 3 nitrogen and oxygen atoms in total. The normalized spacial score (nSPS) is 21.8. The van der Waals surface area contributed by atoms with Crippen LogP contribution in [0.5, 0.6) is 0 Å². The second kappa shape index (κ2) is 25.0. The van der Waals surface area contributed by atoms with Crippen LogP contribution in [0.1, 0.15) is 166 Å². The number of carbonyl (C=O) groups is 1. The van der Waals surface area contributed by atoms with Gasteiger partial charge in [-0.05, 0) is 89.2 Å². The quantitative estimate of drug-likeness (QED) is 0.0722. The number of unbranched alkanes of at least 4 members (excludes halogenated alkanes) is 8. The molecule has 0 aromatic heterocycles. The zero-order chi connectivity index (χ0) is 40.9. The fraction of sp³-hybridized carbons (Fsp3) is 0.558. The Morgan fingerprint density at radius 3 is 1.51 bits per heavy atom. The summed E-state index contributed by atoms with van der Waals surface area (Å²) in [5.41, 5.74) is 10.0. The minimum absolute atomic E-state index is 0.00217. The summed E-state index contributed by atoms with van der Waals surface area (Å²) in [6, 6.07) is 0. The van der Waals surface area contributed by atoms with Crippen molar-refractivity contribution in [2.45, 2.75) is 178 Å². The smallest absolute Gasteiger partial charge is 0.306 e. The topological polar surface area (TPSA) is 46.5 Å². The molecule has 0 saturated carbocycles. The van der Waals surface area contributed by atoms with Crippen LogP contribution in [0.2, 0.25) is 0 Å². The molecule has 0 amide bonds. The highest BCUT2D eigenvalue weighted by Crippen LogP contribution is 2.43. The minimum atomic E-state index is -0.232. The van der Waals surface area contributed by atoms with E-state index in [2.05, 4.69) is 161 Å². The molecule has 0 fully saturated rings. The third-order valence-electron chi connectivity index (χ3n) is 11.0. The Kier molecular flexibility index (Phi) is 21.6. The van der Waals surface area contributed by atoms with Crippen molar-refractivity contribution in [3.63, 3.8) is 0 Å². The van der Waals surface area contributed by atoms with Gasteiger partial charge in [0.15, 0.2) is 0 Å². The summed E-state index contributed by atoms with van der Waals surface area (Å²) in [4.78, 5) is 12.6. The van der Waals surface area contributed by atoms with E-state index in [1.54, 1.807) is 0 Å². The van der Waals surface area contributed by atoms with Crippen LogP contribution in [0.3, 0.4) is 0 Å². The van der Waals surface area contributed by atoms with Crippen molar-refractivity contribution >= 4 is 5.97 Å². The molecule has 0 heterocycles. The van der Waals surface area contributed by atoms with E-state index in [9.17, 15) is 9.90 Å². The second-order valence-electron chi connectivity index (χ2n) is 17.7. The fourth-order valence-corrected chi connectivity index (χ4v) is 8.01. The van der Waals surface area contributed by atoms with Crippen molar-refractivity contribution in [1.29, 1.82) is 0 Å². The van der Waals surface area contributed by atoms with Crippen molar-refractivity contribution in [3.8, 4) is 0 Å². The standard InChI is InChI=1S/C52H78O3/c1-12-13-14-15-16-17-18-19-20-31-50(54)55-47-37-45(7)49(52(10,11)39-47)35-33-43(5)30-24-28-41(3)26-22-21-25-40(2)27-23-29-42(4)32-34-48-44(6)36-46(53)38-51(48,8)9/h21-30,32-35,46-47,53H,12-20,31,36-39H2,1-11H3/b22-21+,27-23+,28-24+,34-32+,35-33+,40-25+,41-26+,42-29+,43-30+/t46-,47-/m1/s1. The van der Waals surface area contributed by atoms with Crippen LogP contribution in [0, 0.1) is 10.8 Å². The van der Waals surface area contributed by atoms with E-state index in [-0.39, 0.29) is 29.0 Å². The summed E-state index contributed by atoms with van der Waals surface area (Å²) >= 11 is 0. The van der Waals surface area contributed by atoms with Gasteiger partial charge in [0, 0.05) is 12.8 Å². The lowest BCUT2D eigenvalue weighted by molar-refractivity contribution is -0.150. The van der Waals surface area contributed by atoms with Gasteiger partial charge in [-0.15, -0.1) is 0 Å². The Bertz CT molecular complexity index is 1570. The highest BCUT2D eigenvalue weighted by atomic mass is 16.5. The van der Waals surface area contributed by atoms with Gasteiger partial charge in [0.05, 0.1) is 6.10 Å². The molecular formula is C52H78O3. The molecule has 0 saturated heterocycles. The predicted octanol–water partition coefficient (Wildman–Crippen LogP) is 15.0. The minimum Gasteiger partial charge on any atom is -0.462 e. The third kappa shape index (κ3) is 19.3. The van der Waals surface area contributed by atoms with Crippen LogP contribution in [0.15, 0.2) is 130 Å². The summed E-state index contributed by atoms with van der Waals surface area (Å²) < 4.78 is 5.98. The van der Waals surface area contributed by atoms with Gasteiger partial charge < -0.3 is 9.84 Å². The monoisotopic (exact) mass is 751 g/mol. The summed E-state index contributed by atoms with van der Waals surface area (Å²) in [5.74, 6) is -0.0289. The van der Waals surface area contributed by atoms with Crippen molar-refractivity contribution in [1.82, 2.24) is 0 Å². The predicted molar refractivity (Wildman–Crippen MR) is 240 cm³/mol. The first-order valence-electron chi connectivity index (χ1n) is 21.4. The Morgan fingerprint density at radius 1 is 0.618 bits per heavy atom. The first kappa shape index (κ1) is 47.7. The van der Waals surface area contributed by atoms with E-state index in [1.165, 1.54) is 89.5 Å². The van der Waals surface area contributed by atoms with Crippen LogP contribution < -0.4 is 0 Å². The molecule has 0 aliphatic heterocycles. The number of aliphatic hydroxyl groups excluding tert-OH is 1. The van der Waals surface area contributed by atoms with Gasteiger partial charge in [-0.3, -0.25) is 4.79 Å². The van der Waals surface area contributed by atoms with Gasteiger partial charge in [-0.2, -0.15) is 0 Å². The molecule has 2 rings (SSSR count). The lowest BCUT2D eigenvalue weighted by atomic mass is 9.71. The SMILES string of the molecule is CCCCCCCCCCCC(=O)O[C@@H]1CC(C)=C(/C=C/C(C)=C/C=C/C(C)=C/C=C/C=C(C)/C=C/C=C(C)/C=C/C2=C(C)C[C@@H](O)CC2(C)C)C(C)(C)C1. The van der Waals surface area contributed by atoms with E-state index >= 15 is 0 Å². The first-order valence-corrected chi connectivity index (χ1v) is 21.4. The highest BCUT2D eigenvalue weighted by molar-refractivity contribution is 5.69.